The summed E-state index contributed by atoms with van der Waals surface area (Å²) in [6.45, 7) is 2.19. The molecule has 6 nitrogen and oxygen atoms in total. The van der Waals surface area contributed by atoms with Gasteiger partial charge in [0.15, 0.2) is 18.1 Å². The molecule has 2 aromatic rings. The van der Waals surface area contributed by atoms with Crippen molar-refractivity contribution in [1.29, 1.82) is 5.26 Å². The Bertz CT molecular complexity index is 753. The lowest BCUT2D eigenvalue weighted by Gasteiger charge is -2.13. The zero-order valence-corrected chi connectivity index (χ0v) is 13.5. The zero-order chi connectivity index (χ0) is 17.4. The maximum absolute atomic E-state index is 12.1. The lowest BCUT2D eigenvalue weighted by molar-refractivity contribution is -0.118. The number of nitrogens with zero attached hydrogens (tertiary/aromatic N) is 1. The second-order valence-electron chi connectivity index (χ2n) is 4.74. The van der Waals surface area contributed by atoms with E-state index < -0.39 is 0 Å². The van der Waals surface area contributed by atoms with Gasteiger partial charge in [-0.3, -0.25) is 4.79 Å². The van der Waals surface area contributed by atoms with E-state index in [0.29, 0.717) is 35.1 Å². The van der Waals surface area contributed by atoms with Gasteiger partial charge in [-0.25, -0.2) is 0 Å². The van der Waals surface area contributed by atoms with Crippen molar-refractivity contribution < 1.29 is 19.0 Å². The fourth-order valence-electron chi connectivity index (χ4n) is 2.04. The first-order valence-corrected chi connectivity index (χ1v) is 7.40. The van der Waals surface area contributed by atoms with Crippen LogP contribution in [0.4, 0.5) is 5.69 Å². The molecular weight excluding hydrogens is 308 g/mol. The summed E-state index contributed by atoms with van der Waals surface area (Å²) in [6, 6.07) is 13.9. The van der Waals surface area contributed by atoms with Gasteiger partial charge in [-0.1, -0.05) is 12.1 Å². The standard InChI is InChI=1S/C18H18N2O4/c1-3-23-15-7-5-4-6-14(15)20-18(21)12-24-16-9-8-13(11-19)10-17(16)22-2/h4-10H,3,12H2,1-2H3,(H,20,21). The molecule has 2 rings (SSSR count). The molecule has 0 radical (unpaired) electrons. The van der Waals surface area contributed by atoms with Gasteiger partial charge >= 0.3 is 0 Å². The summed E-state index contributed by atoms with van der Waals surface area (Å²) in [6.07, 6.45) is 0. The van der Waals surface area contributed by atoms with Crippen LogP contribution in [0.2, 0.25) is 0 Å². The number of ether oxygens (including phenoxy) is 3. The average molecular weight is 326 g/mol. The second-order valence-corrected chi connectivity index (χ2v) is 4.74. The van der Waals surface area contributed by atoms with E-state index in [-0.39, 0.29) is 12.5 Å². The van der Waals surface area contributed by atoms with Crippen molar-refractivity contribution in [1.82, 2.24) is 0 Å². The average Bonchev–Trinajstić information content (AvgIpc) is 2.61. The van der Waals surface area contributed by atoms with Crippen LogP contribution in [0.1, 0.15) is 12.5 Å². The van der Waals surface area contributed by atoms with Crippen LogP contribution in [-0.2, 0) is 4.79 Å². The first-order chi connectivity index (χ1) is 11.7. The van der Waals surface area contributed by atoms with Gasteiger partial charge in [-0.15, -0.1) is 0 Å². The van der Waals surface area contributed by atoms with Crippen molar-refractivity contribution in [3.05, 3.63) is 48.0 Å². The first-order valence-electron chi connectivity index (χ1n) is 7.40. The summed E-state index contributed by atoms with van der Waals surface area (Å²) >= 11 is 0. The number of anilines is 1. The minimum Gasteiger partial charge on any atom is -0.493 e. The minimum atomic E-state index is -0.325. The third-order valence-electron chi connectivity index (χ3n) is 3.11. The number of benzene rings is 2. The number of methoxy groups -OCH3 is 1. The van der Waals surface area contributed by atoms with E-state index in [0.717, 1.165) is 0 Å². The van der Waals surface area contributed by atoms with E-state index in [1.54, 1.807) is 30.3 Å². The highest BCUT2D eigenvalue weighted by Gasteiger charge is 2.11. The predicted octanol–water partition coefficient (Wildman–Crippen LogP) is 2.98. The van der Waals surface area contributed by atoms with Crippen LogP contribution >= 0.6 is 0 Å². The molecule has 1 amide bonds. The molecule has 0 saturated carbocycles. The Morgan fingerprint density at radius 3 is 2.62 bits per heavy atom. The van der Waals surface area contributed by atoms with Gasteiger partial charge in [-0.2, -0.15) is 5.26 Å². The number of hydrogen-bond acceptors (Lipinski definition) is 5. The number of carbonyl (C=O) groups excluding carboxylic acids is 1. The summed E-state index contributed by atoms with van der Waals surface area (Å²) in [4.78, 5) is 12.1. The van der Waals surface area contributed by atoms with Crippen LogP contribution in [0, 0.1) is 11.3 Å². The number of amides is 1. The van der Waals surface area contributed by atoms with E-state index in [2.05, 4.69) is 5.32 Å². The summed E-state index contributed by atoms with van der Waals surface area (Å²) in [5, 5.41) is 11.6. The van der Waals surface area contributed by atoms with Crippen molar-refractivity contribution in [3.63, 3.8) is 0 Å². The molecule has 0 aromatic heterocycles. The van der Waals surface area contributed by atoms with Crippen molar-refractivity contribution >= 4 is 11.6 Å². The van der Waals surface area contributed by atoms with Crippen molar-refractivity contribution in [3.8, 4) is 23.3 Å². The van der Waals surface area contributed by atoms with E-state index in [9.17, 15) is 4.79 Å². The summed E-state index contributed by atoms with van der Waals surface area (Å²) in [7, 11) is 1.47. The van der Waals surface area contributed by atoms with Gasteiger partial charge in [-0.05, 0) is 31.2 Å². The van der Waals surface area contributed by atoms with Crippen LogP contribution in [0.5, 0.6) is 17.2 Å². The third-order valence-corrected chi connectivity index (χ3v) is 3.11. The molecular formula is C18H18N2O4. The Kier molecular flexibility index (Phi) is 6.03. The quantitative estimate of drug-likeness (QED) is 0.846. The maximum atomic E-state index is 12.1. The molecule has 0 fully saturated rings. The Balaban J connectivity index is 2.00. The third kappa shape index (κ3) is 4.40. The minimum absolute atomic E-state index is 0.192. The van der Waals surface area contributed by atoms with Gasteiger partial charge in [0.05, 0.1) is 31.0 Å². The van der Waals surface area contributed by atoms with Crippen LogP contribution in [0.15, 0.2) is 42.5 Å². The summed E-state index contributed by atoms with van der Waals surface area (Å²) < 4.78 is 16.1. The molecule has 0 spiro atoms. The molecule has 1 N–H and O–H groups in total. The number of para-hydroxylation sites is 2. The Labute approximate surface area is 140 Å². The maximum Gasteiger partial charge on any atom is 0.262 e. The molecule has 0 aliphatic rings. The number of carbonyl (C=O) groups is 1. The molecule has 6 heteroatoms. The lowest BCUT2D eigenvalue weighted by Crippen LogP contribution is -2.20. The van der Waals surface area contributed by atoms with E-state index >= 15 is 0 Å². The van der Waals surface area contributed by atoms with Crippen molar-refractivity contribution in [2.45, 2.75) is 6.92 Å². The summed E-state index contributed by atoms with van der Waals surface area (Å²) in [5.41, 5.74) is 1.04. The molecule has 0 unspecified atom stereocenters. The molecule has 2 aromatic carbocycles. The zero-order valence-electron chi connectivity index (χ0n) is 13.5. The van der Waals surface area contributed by atoms with Crippen molar-refractivity contribution in [2.24, 2.45) is 0 Å². The van der Waals surface area contributed by atoms with Gasteiger partial charge < -0.3 is 19.5 Å². The van der Waals surface area contributed by atoms with E-state index in [4.69, 9.17) is 19.5 Å². The highest BCUT2D eigenvalue weighted by Crippen LogP contribution is 2.28. The molecule has 0 bridgehead atoms. The number of nitriles is 1. The monoisotopic (exact) mass is 326 g/mol. The predicted molar refractivity (Wildman–Crippen MR) is 89.4 cm³/mol. The Morgan fingerprint density at radius 2 is 1.92 bits per heavy atom. The molecule has 124 valence electrons. The SMILES string of the molecule is CCOc1ccccc1NC(=O)COc1ccc(C#N)cc1OC. The second kappa shape index (κ2) is 8.44. The number of rotatable bonds is 7. The van der Waals surface area contributed by atoms with Gasteiger partial charge in [0.2, 0.25) is 0 Å². The topological polar surface area (TPSA) is 80.6 Å². The Morgan fingerprint density at radius 1 is 1.12 bits per heavy atom. The molecule has 0 aliphatic heterocycles. The number of hydrogen-bond donors (Lipinski definition) is 1. The first kappa shape index (κ1) is 17.2. The number of nitrogens with one attached hydrogen (secondary N) is 1. The van der Waals surface area contributed by atoms with Gasteiger partial charge in [0.1, 0.15) is 5.75 Å². The van der Waals surface area contributed by atoms with Crippen molar-refractivity contribution in [2.75, 3.05) is 25.6 Å². The Hall–Kier alpha value is -3.20. The fraction of sp³-hybridized carbons (Fsp3) is 0.222. The molecule has 0 heterocycles. The van der Waals surface area contributed by atoms with Crippen LogP contribution < -0.4 is 19.5 Å². The molecule has 0 aliphatic carbocycles. The van der Waals surface area contributed by atoms with Crippen LogP contribution in [0.3, 0.4) is 0 Å². The summed E-state index contributed by atoms with van der Waals surface area (Å²) in [5.74, 6) is 1.07. The molecule has 0 saturated heterocycles. The van der Waals surface area contributed by atoms with Gasteiger partial charge in [0.25, 0.3) is 5.91 Å². The van der Waals surface area contributed by atoms with Gasteiger partial charge in [0, 0.05) is 6.07 Å². The van der Waals surface area contributed by atoms with Crippen LogP contribution in [-0.4, -0.2) is 26.2 Å². The van der Waals surface area contributed by atoms with E-state index in [1.807, 2.05) is 25.1 Å². The van der Waals surface area contributed by atoms with E-state index in [1.165, 1.54) is 7.11 Å². The molecule has 0 atom stereocenters. The highest BCUT2D eigenvalue weighted by molar-refractivity contribution is 5.93. The normalized spacial score (nSPS) is 9.71. The lowest BCUT2D eigenvalue weighted by atomic mass is 10.2. The van der Waals surface area contributed by atoms with Crippen LogP contribution in [0.25, 0.3) is 0 Å². The smallest absolute Gasteiger partial charge is 0.262 e. The largest absolute Gasteiger partial charge is 0.493 e. The highest BCUT2D eigenvalue weighted by atomic mass is 16.5. The fourth-order valence-corrected chi connectivity index (χ4v) is 2.04. The molecule has 24 heavy (non-hydrogen) atoms.